The molecule has 0 aliphatic rings. The van der Waals surface area contributed by atoms with Gasteiger partial charge in [-0.3, -0.25) is 15.0 Å². The fraction of sp³-hybridized carbons (Fsp3) is 0.429. The van der Waals surface area contributed by atoms with Crippen molar-refractivity contribution in [3.8, 4) is 5.75 Å². The van der Waals surface area contributed by atoms with Crippen molar-refractivity contribution in [3.05, 3.63) is 29.8 Å². The molecule has 2 amide bonds. The zero-order valence-electron chi connectivity index (χ0n) is 11.8. The second-order valence-electron chi connectivity index (χ2n) is 4.50. The molecule has 1 aromatic rings. The van der Waals surface area contributed by atoms with Crippen LogP contribution in [0.15, 0.2) is 24.3 Å². The summed E-state index contributed by atoms with van der Waals surface area (Å²) >= 11 is 0. The van der Waals surface area contributed by atoms with E-state index in [1.165, 1.54) is 0 Å². The minimum absolute atomic E-state index is 0.158. The third kappa shape index (κ3) is 5.27. The predicted octanol–water partition coefficient (Wildman–Crippen LogP) is 0.513. The molecule has 0 radical (unpaired) electrons. The van der Waals surface area contributed by atoms with Crippen LogP contribution in [-0.4, -0.2) is 25.0 Å². The topological polar surface area (TPSA) is 93.4 Å². The largest absolute Gasteiger partial charge is 0.497 e. The van der Waals surface area contributed by atoms with Crippen LogP contribution in [0.3, 0.4) is 0 Å². The number of amides is 2. The average Bonchev–Trinajstić information content (AvgIpc) is 2.47. The number of aryl methyl sites for hydroxylation is 1. The van der Waals surface area contributed by atoms with E-state index >= 15 is 0 Å². The first-order valence-corrected chi connectivity index (χ1v) is 6.49. The highest BCUT2D eigenvalue weighted by Gasteiger charge is 2.13. The Bertz CT molecular complexity index is 445. The summed E-state index contributed by atoms with van der Waals surface area (Å²) in [4.78, 5) is 22.8. The molecule has 0 aromatic heterocycles. The van der Waals surface area contributed by atoms with Gasteiger partial charge in [0.15, 0.2) is 0 Å². The maximum absolute atomic E-state index is 11.6. The lowest BCUT2D eigenvalue weighted by Gasteiger charge is -2.11. The molecule has 0 fully saturated rings. The SMILES string of the molecule is COc1ccc(CCCC(=O)NC(C)C(=O)NN)cc1. The summed E-state index contributed by atoms with van der Waals surface area (Å²) in [5.41, 5.74) is 3.14. The zero-order valence-corrected chi connectivity index (χ0v) is 11.8. The van der Waals surface area contributed by atoms with Gasteiger partial charge in [0.2, 0.25) is 5.91 Å². The van der Waals surface area contributed by atoms with Crippen molar-refractivity contribution < 1.29 is 14.3 Å². The number of hydrogen-bond acceptors (Lipinski definition) is 4. The number of nitrogens with one attached hydrogen (secondary N) is 2. The molecule has 0 aliphatic heterocycles. The van der Waals surface area contributed by atoms with Crippen LogP contribution >= 0.6 is 0 Å². The highest BCUT2D eigenvalue weighted by atomic mass is 16.5. The lowest BCUT2D eigenvalue weighted by Crippen LogP contribution is -2.47. The van der Waals surface area contributed by atoms with Gasteiger partial charge in [0, 0.05) is 6.42 Å². The van der Waals surface area contributed by atoms with Gasteiger partial charge in [-0.25, -0.2) is 5.84 Å². The van der Waals surface area contributed by atoms with Gasteiger partial charge in [-0.2, -0.15) is 0 Å². The number of rotatable bonds is 7. The molecule has 6 nitrogen and oxygen atoms in total. The number of carbonyl (C=O) groups excluding carboxylic acids is 2. The summed E-state index contributed by atoms with van der Waals surface area (Å²) in [5, 5.41) is 2.58. The van der Waals surface area contributed by atoms with E-state index < -0.39 is 11.9 Å². The van der Waals surface area contributed by atoms with Gasteiger partial charge >= 0.3 is 0 Å². The summed E-state index contributed by atoms with van der Waals surface area (Å²) in [5.74, 6) is 5.23. The van der Waals surface area contributed by atoms with Crippen LogP contribution in [0, 0.1) is 0 Å². The standard InChI is InChI=1S/C14H21N3O3/c1-10(14(19)17-15)16-13(18)5-3-4-11-6-8-12(20-2)9-7-11/h6-10H,3-5,15H2,1-2H3,(H,16,18)(H,17,19). The normalized spacial score (nSPS) is 11.6. The Hall–Kier alpha value is -2.08. The number of carbonyl (C=O) groups is 2. The first-order chi connectivity index (χ1) is 9.56. The van der Waals surface area contributed by atoms with Crippen molar-refractivity contribution in [2.45, 2.75) is 32.2 Å². The Kier molecular flexibility index (Phi) is 6.52. The number of hydrogen-bond donors (Lipinski definition) is 3. The van der Waals surface area contributed by atoms with E-state index in [9.17, 15) is 9.59 Å². The molecule has 1 unspecified atom stereocenters. The molecule has 110 valence electrons. The van der Waals surface area contributed by atoms with Gasteiger partial charge in [-0.05, 0) is 37.5 Å². The van der Waals surface area contributed by atoms with E-state index in [1.54, 1.807) is 14.0 Å². The summed E-state index contributed by atoms with van der Waals surface area (Å²) in [6.07, 6.45) is 1.89. The fourth-order valence-corrected chi connectivity index (χ4v) is 1.75. The van der Waals surface area contributed by atoms with Crippen LogP contribution in [0.25, 0.3) is 0 Å². The van der Waals surface area contributed by atoms with E-state index in [0.717, 1.165) is 24.2 Å². The third-order valence-electron chi connectivity index (χ3n) is 2.94. The monoisotopic (exact) mass is 279 g/mol. The molecule has 1 aromatic carbocycles. The molecule has 0 heterocycles. The van der Waals surface area contributed by atoms with Crippen molar-refractivity contribution in [1.82, 2.24) is 10.7 Å². The summed E-state index contributed by atoms with van der Waals surface area (Å²) in [6.45, 7) is 1.59. The fourth-order valence-electron chi connectivity index (χ4n) is 1.75. The molecule has 20 heavy (non-hydrogen) atoms. The van der Waals surface area contributed by atoms with Crippen molar-refractivity contribution in [3.63, 3.8) is 0 Å². The first-order valence-electron chi connectivity index (χ1n) is 6.49. The molecule has 0 saturated carbocycles. The van der Waals surface area contributed by atoms with Crippen LogP contribution in [0.4, 0.5) is 0 Å². The van der Waals surface area contributed by atoms with E-state index in [4.69, 9.17) is 10.6 Å². The molecule has 0 aliphatic carbocycles. The van der Waals surface area contributed by atoms with Crippen LogP contribution in [-0.2, 0) is 16.0 Å². The van der Waals surface area contributed by atoms with E-state index in [0.29, 0.717) is 6.42 Å². The highest BCUT2D eigenvalue weighted by Crippen LogP contribution is 2.13. The van der Waals surface area contributed by atoms with Gasteiger partial charge in [0.1, 0.15) is 11.8 Å². The van der Waals surface area contributed by atoms with Crippen molar-refractivity contribution in [1.29, 1.82) is 0 Å². The van der Waals surface area contributed by atoms with Gasteiger partial charge < -0.3 is 10.1 Å². The molecule has 1 atom stereocenters. The van der Waals surface area contributed by atoms with Crippen LogP contribution in [0.2, 0.25) is 0 Å². The minimum Gasteiger partial charge on any atom is -0.497 e. The smallest absolute Gasteiger partial charge is 0.256 e. The molecule has 4 N–H and O–H groups in total. The number of methoxy groups -OCH3 is 1. The molecule has 0 bridgehead atoms. The lowest BCUT2D eigenvalue weighted by atomic mass is 10.1. The Labute approximate surface area is 118 Å². The van der Waals surface area contributed by atoms with E-state index in [1.807, 2.05) is 29.7 Å². The van der Waals surface area contributed by atoms with E-state index in [2.05, 4.69) is 5.32 Å². The molecule has 0 spiro atoms. The average molecular weight is 279 g/mol. The van der Waals surface area contributed by atoms with Gasteiger partial charge in [0.25, 0.3) is 5.91 Å². The summed E-state index contributed by atoms with van der Waals surface area (Å²) < 4.78 is 5.08. The van der Waals surface area contributed by atoms with Crippen LogP contribution < -0.4 is 21.3 Å². The van der Waals surface area contributed by atoms with Crippen LogP contribution in [0.5, 0.6) is 5.75 Å². The number of ether oxygens (including phenoxy) is 1. The van der Waals surface area contributed by atoms with Crippen LogP contribution in [0.1, 0.15) is 25.3 Å². The lowest BCUT2D eigenvalue weighted by molar-refractivity contribution is -0.128. The van der Waals surface area contributed by atoms with Gasteiger partial charge in [-0.1, -0.05) is 12.1 Å². The molecule has 1 rings (SSSR count). The number of nitrogens with two attached hydrogens (primary N) is 1. The predicted molar refractivity (Wildman–Crippen MR) is 75.9 cm³/mol. The Morgan fingerprint density at radius 1 is 1.30 bits per heavy atom. The second kappa shape index (κ2) is 8.16. The summed E-state index contributed by atoms with van der Waals surface area (Å²) in [6, 6.07) is 7.11. The highest BCUT2D eigenvalue weighted by molar-refractivity contribution is 5.86. The van der Waals surface area contributed by atoms with Gasteiger partial charge in [-0.15, -0.1) is 0 Å². The second-order valence-corrected chi connectivity index (χ2v) is 4.50. The van der Waals surface area contributed by atoms with Gasteiger partial charge in [0.05, 0.1) is 7.11 Å². The van der Waals surface area contributed by atoms with Crippen molar-refractivity contribution in [2.75, 3.05) is 7.11 Å². The summed E-state index contributed by atoms with van der Waals surface area (Å²) in [7, 11) is 1.62. The molecule has 6 heteroatoms. The number of benzene rings is 1. The Morgan fingerprint density at radius 3 is 2.50 bits per heavy atom. The molecular weight excluding hydrogens is 258 g/mol. The first kappa shape index (κ1) is 16.0. The minimum atomic E-state index is -0.617. The maximum atomic E-state index is 11.6. The molecular formula is C14H21N3O3. The molecule has 0 saturated heterocycles. The Morgan fingerprint density at radius 2 is 1.95 bits per heavy atom. The maximum Gasteiger partial charge on any atom is 0.256 e. The zero-order chi connectivity index (χ0) is 15.0. The Balaban J connectivity index is 2.29. The van der Waals surface area contributed by atoms with Crippen molar-refractivity contribution >= 4 is 11.8 Å². The van der Waals surface area contributed by atoms with Crippen molar-refractivity contribution in [2.24, 2.45) is 5.84 Å². The third-order valence-corrected chi connectivity index (χ3v) is 2.94. The number of hydrazine groups is 1. The quantitative estimate of drug-likeness (QED) is 0.385. The van der Waals surface area contributed by atoms with E-state index in [-0.39, 0.29) is 5.91 Å².